The number of para-hydroxylation sites is 1. The number of anilines is 1. The third kappa shape index (κ3) is 6.77. The van der Waals surface area contributed by atoms with Crippen LogP contribution in [0.1, 0.15) is 51.5 Å². The van der Waals surface area contributed by atoms with Crippen molar-refractivity contribution in [3.8, 4) is 0 Å². The zero-order valence-electron chi connectivity index (χ0n) is 20.0. The first kappa shape index (κ1) is 25.6. The van der Waals surface area contributed by atoms with E-state index in [9.17, 15) is 18.0 Å². The van der Waals surface area contributed by atoms with Crippen molar-refractivity contribution in [2.45, 2.75) is 58.6 Å². The standard InChI is InChI=1S/C24H37N3O5S/c1-19(2)23(28)27-14-10-6-4-5-9-13-25(17-20-11-7-8-12-21(20)27)24(29)22-18-26(15-16-32-22)33(3,30)31/h7-8,11-12,19,22H,4-6,9-10,13-18H2,1-3H3. The van der Waals surface area contributed by atoms with Crippen LogP contribution in [-0.4, -0.2) is 74.6 Å². The average molecular weight is 480 g/mol. The number of morpholine rings is 1. The van der Waals surface area contributed by atoms with Gasteiger partial charge in [0.1, 0.15) is 6.10 Å². The molecule has 9 heteroatoms. The number of fused-ring (bicyclic) bond motifs is 1. The molecule has 0 aromatic heterocycles. The number of hydrogen-bond donors (Lipinski definition) is 0. The number of carbonyl (C=O) groups excluding carboxylic acids is 2. The molecule has 2 aliphatic heterocycles. The van der Waals surface area contributed by atoms with Crippen LogP contribution in [0.15, 0.2) is 24.3 Å². The molecule has 3 rings (SSSR count). The summed E-state index contributed by atoms with van der Waals surface area (Å²) >= 11 is 0. The van der Waals surface area contributed by atoms with Crippen molar-refractivity contribution >= 4 is 27.5 Å². The molecule has 33 heavy (non-hydrogen) atoms. The number of ether oxygens (including phenoxy) is 1. The van der Waals surface area contributed by atoms with Gasteiger partial charge in [0.05, 0.1) is 12.9 Å². The van der Waals surface area contributed by atoms with Crippen LogP contribution < -0.4 is 4.90 Å². The lowest BCUT2D eigenvalue weighted by molar-refractivity contribution is -0.148. The van der Waals surface area contributed by atoms with E-state index in [0.29, 0.717) is 19.6 Å². The molecule has 1 unspecified atom stereocenters. The SMILES string of the molecule is CC(C)C(=O)N1CCCCCCCN(C(=O)C2CN(S(C)(=O)=O)CCO2)Cc2ccccc21. The molecule has 0 saturated carbocycles. The van der Waals surface area contributed by atoms with E-state index in [2.05, 4.69) is 0 Å². The first-order valence-corrected chi connectivity index (χ1v) is 13.8. The molecule has 2 aliphatic rings. The summed E-state index contributed by atoms with van der Waals surface area (Å²) in [6.45, 7) is 5.91. The third-order valence-electron chi connectivity index (χ3n) is 6.30. The molecule has 8 nitrogen and oxygen atoms in total. The lowest BCUT2D eigenvalue weighted by Gasteiger charge is -2.35. The zero-order chi connectivity index (χ0) is 24.0. The van der Waals surface area contributed by atoms with E-state index in [1.54, 1.807) is 4.90 Å². The Hall–Kier alpha value is -1.97. The first-order chi connectivity index (χ1) is 15.7. The van der Waals surface area contributed by atoms with Crippen molar-refractivity contribution in [1.29, 1.82) is 0 Å². The maximum atomic E-state index is 13.5. The highest BCUT2D eigenvalue weighted by atomic mass is 32.2. The summed E-state index contributed by atoms with van der Waals surface area (Å²) in [5, 5.41) is 0. The molecule has 0 N–H and O–H groups in total. The zero-order valence-corrected chi connectivity index (χ0v) is 20.8. The Morgan fingerprint density at radius 3 is 2.36 bits per heavy atom. The molecule has 2 amide bonds. The Morgan fingerprint density at radius 2 is 1.67 bits per heavy atom. The summed E-state index contributed by atoms with van der Waals surface area (Å²) in [6, 6.07) is 7.76. The second kappa shape index (κ2) is 11.4. The van der Waals surface area contributed by atoms with E-state index in [-0.39, 0.29) is 37.4 Å². The lowest BCUT2D eigenvalue weighted by atomic mass is 10.0. The summed E-state index contributed by atoms with van der Waals surface area (Å²) in [5.74, 6) is -0.241. The smallest absolute Gasteiger partial charge is 0.253 e. The Balaban J connectivity index is 1.89. The number of rotatable bonds is 3. The summed E-state index contributed by atoms with van der Waals surface area (Å²) in [7, 11) is -3.39. The number of nitrogens with zero attached hydrogens (tertiary/aromatic N) is 3. The molecule has 1 aromatic rings. The van der Waals surface area contributed by atoms with Gasteiger partial charge >= 0.3 is 0 Å². The molecular weight excluding hydrogens is 442 g/mol. The van der Waals surface area contributed by atoms with Crippen LogP contribution in [0.2, 0.25) is 0 Å². The topological polar surface area (TPSA) is 87.2 Å². The molecule has 1 atom stereocenters. The Morgan fingerprint density at radius 1 is 1.00 bits per heavy atom. The van der Waals surface area contributed by atoms with Crippen molar-refractivity contribution in [3.05, 3.63) is 29.8 Å². The molecule has 1 aromatic carbocycles. The van der Waals surface area contributed by atoms with Crippen molar-refractivity contribution in [2.75, 3.05) is 43.9 Å². The van der Waals surface area contributed by atoms with Crippen LogP contribution in [-0.2, 0) is 30.9 Å². The predicted molar refractivity (Wildman–Crippen MR) is 128 cm³/mol. The van der Waals surface area contributed by atoms with Crippen LogP contribution in [0.3, 0.4) is 0 Å². The monoisotopic (exact) mass is 479 g/mol. The van der Waals surface area contributed by atoms with Crippen molar-refractivity contribution in [1.82, 2.24) is 9.21 Å². The summed E-state index contributed by atoms with van der Waals surface area (Å²) in [4.78, 5) is 30.1. The molecule has 0 spiro atoms. The summed E-state index contributed by atoms with van der Waals surface area (Å²) in [5.41, 5.74) is 1.76. The van der Waals surface area contributed by atoms with E-state index in [1.807, 2.05) is 43.0 Å². The Bertz CT molecular complexity index is 934. The maximum absolute atomic E-state index is 13.5. The fourth-order valence-electron chi connectivity index (χ4n) is 4.42. The van der Waals surface area contributed by atoms with Gasteiger partial charge in [-0.15, -0.1) is 0 Å². The largest absolute Gasteiger partial charge is 0.366 e. The second-order valence-electron chi connectivity index (χ2n) is 9.28. The predicted octanol–water partition coefficient (Wildman–Crippen LogP) is 2.63. The molecular formula is C24H37N3O5S. The van der Waals surface area contributed by atoms with Crippen molar-refractivity contribution in [2.24, 2.45) is 5.92 Å². The van der Waals surface area contributed by atoms with Crippen LogP contribution in [0.4, 0.5) is 5.69 Å². The summed E-state index contributed by atoms with van der Waals surface area (Å²) < 4.78 is 31.0. The Kier molecular flexibility index (Phi) is 8.89. The number of benzene rings is 1. The van der Waals surface area contributed by atoms with E-state index in [4.69, 9.17) is 4.74 Å². The van der Waals surface area contributed by atoms with E-state index < -0.39 is 16.1 Å². The molecule has 0 radical (unpaired) electrons. The highest BCUT2D eigenvalue weighted by Crippen LogP contribution is 2.26. The van der Waals surface area contributed by atoms with Gasteiger partial charge in [-0.25, -0.2) is 8.42 Å². The van der Waals surface area contributed by atoms with Crippen LogP contribution in [0.25, 0.3) is 0 Å². The van der Waals surface area contributed by atoms with Crippen LogP contribution in [0, 0.1) is 5.92 Å². The maximum Gasteiger partial charge on any atom is 0.253 e. The molecule has 1 saturated heterocycles. The molecule has 0 aliphatic carbocycles. The van der Waals surface area contributed by atoms with E-state index in [1.165, 1.54) is 4.31 Å². The van der Waals surface area contributed by atoms with Crippen molar-refractivity contribution in [3.63, 3.8) is 0 Å². The van der Waals surface area contributed by atoms with Gasteiger partial charge in [0, 0.05) is 44.3 Å². The number of amides is 2. The van der Waals surface area contributed by atoms with E-state index >= 15 is 0 Å². The molecule has 2 heterocycles. The highest BCUT2D eigenvalue weighted by molar-refractivity contribution is 7.88. The van der Waals surface area contributed by atoms with Gasteiger partial charge in [-0.2, -0.15) is 4.31 Å². The Labute approximate surface area is 197 Å². The normalized spacial score (nSPS) is 21.8. The fourth-order valence-corrected chi connectivity index (χ4v) is 5.24. The minimum atomic E-state index is -3.39. The van der Waals surface area contributed by atoms with Crippen molar-refractivity contribution < 1.29 is 22.7 Å². The van der Waals surface area contributed by atoms with Gasteiger partial charge in [0.25, 0.3) is 5.91 Å². The second-order valence-corrected chi connectivity index (χ2v) is 11.3. The van der Waals surface area contributed by atoms with Gasteiger partial charge < -0.3 is 14.5 Å². The molecule has 0 bridgehead atoms. The minimum absolute atomic E-state index is 0.0355. The van der Waals surface area contributed by atoms with Crippen LogP contribution >= 0.6 is 0 Å². The first-order valence-electron chi connectivity index (χ1n) is 11.9. The number of carbonyl (C=O) groups is 2. The highest BCUT2D eigenvalue weighted by Gasteiger charge is 2.34. The quantitative estimate of drug-likeness (QED) is 0.665. The number of sulfonamides is 1. The number of hydrogen-bond acceptors (Lipinski definition) is 5. The third-order valence-corrected chi connectivity index (χ3v) is 7.57. The van der Waals surface area contributed by atoms with Gasteiger partial charge in [-0.1, -0.05) is 51.3 Å². The fraction of sp³-hybridized carbons (Fsp3) is 0.667. The van der Waals surface area contributed by atoms with Crippen LogP contribution in [0.5, 0.6) is 0 Å². The van der Waals surface area contributed by atoms with Gasteiger partial charge in [0.15, 0.2) is 0 Å². The lowest BCUT2D eigenvalue weighted by Crippen LogP contribution is -2.52. The minimum Gasteiger partial charge on any atom is -0.366 e. The van der Waals surface area contributed by atoms with Gasteiger partial charge in [-0.3, -0.25) is 9.59 Å². The average Bonchev–Trinajstić information content (AvgIpc) is 2.78. The van der Waals surface area contributed by atoms with Gasteiger partial charge in [0.2, 0.25) is 15.9 Å². The molecule has 1 fully saturated rings. The molecule has 184 valence electrons. The van der Waals surface area contributed by atoms with Gasteiger partial charge in [-0.05, 0) is 24.5 Å². The summed E-state index contributed by atoms with van der Waals surface area (Å²) in [6.07, 6.45) is 5.26. The van der Waals surface area contributed by atoms with E-state index in [0.717, 1.165) is 49.6 Å².